The van der Waals surface area contributed by atoms with Gasteiger partial charge in [-0.05, 0) is 24.1 Å². The van der Waals surface area contributed by atoms with Gasteiger partial charge in [0.05, 0.1) is 6.04 Å². The molecule has 2 aromatic carbocycles. The van der Waals surface area contributed by atoms with E-state index in [1.165, 1.54) is 6.26 Å². The Kier molecular flexibility index (Phi) is 4.28. The molecule has 0 aliphatic carbocycles. The minimum absolute atomic E-state index is 0.168. The van der Waals surface area contributed by atoms with Crippen LogP contribution in [0.4, 0.5) is 5.69 Å². The molecule has 1 aromatic heterocycles. The summed E-state index contributed by atoms with van der Waals surface area (Å²) in [7, 11) is 0. The van der Waals surface area contributed by atoms with Crippen LogP contribution in [0.25, 0.3) is 0 Å². The van der Waals surface area contributed by atoms with Crippen molar-refractivity contribution in [2.75, 3.05) is 12.1 Å². The first-order chi connectivity index (χ1) is 12.7. The second kappa shape index (κ2) is 6.89. The summed E-state index contributed by atoms with van der Waals surface area (Å²) in [6.45, 7) is 0.179. The fourth-order valence-corrected chi connectivity index (χ4v) is 2.69. The number of benzene rings is 2. The van der Waals surface area contributed by atoms with Crippen LogP contribution in [0.5, 0.6) is 11.5 Å². The van der Waals surface area contributed by atoms with Crippen LogP contribution < -0.4 is 20.5 Å². The number of hydrogen-bond donors (Lipinski definition) is 2. The van der Waals surface area contributed by atoms with Crippen molar-refractivity contribution in [1.82, 2.24) is 4.98 Å². The number of carbonyl (C=O) groups is 1. The van der Waals surface area contributed by atoms with E-state index < -0.39 is 6.04 Å². The van der Waals surface area contributed by atoms with Gasteiger partial charge >= 0.3 is 0 Å². The van der Waals surface area contributed by atoms with Crippen molar-refractivity contribution in [2.45, 2.75) is 12.5 Å². The maximum atomic E-state index is 12.4. The van der Waals surface area contributed by atoms with Crippen LogP contribution in [0, 0.1) is 0 Å². The number of fused-ring (bicyclic) bond motifs is 1. The zero-order chi connectivity index (χ0) is 17.9. The summed E-state index contributed by atoms with van der Waals surface area (Å²) in [5, 5.41) is 2.75. The molecule has 0 fully saturated rings. The van der Waals surface area contributed by atoms with Crippen molar-refractivity contribution in [1.29, 1.82) is 0 Å². The molecule has 1 amide bonds. The molecule has 0 saturated carbocycles. The van der Waals surface area contributed by atoms with E-state index in [9.17, 15) is 4.79 Å². The van der Waals surface area contributed by atoms with E-state index in [1.54, 1.807) is 18.2 Å². The number of amides is 1. The number of anilines is 1. The van der Waals surface area contributed by atoms with Crippen LogP contribution >= 0.6 is 0 Å². The summed E-state index contributed by atoms with van der Waals surface area (Å²) < 4.78 is 15.9. The predicted molar refractivity (Wildman–Crippen MR) is 94.1 cm³/mol. The lowest BCUT2D eigenvalue weighted by Crippen LogP contribution is -2.16. The Hall–Kier alpha value is -3.32. The highest BCUT2D eigenvalue weighted by Crippen LogP contribution is 2.34. The molecule has 1 unspecified atom stereocenters. The van der Waals surface area contributed by atoms with E-state index in [2.05, 4.69) is 10.3 Å². The molecule has 3 aromatic rings. The van der Waals surface area contributed by atoms with E-state index in [4.69, 9.17) is 19.6 Å². The molecule has 7 nitrogen and oxygen atoms in total. The standard InChI is InChI=1S/C19H17N3O4/c20-14(8-12-4-2-1-3-5-12)19-22-15(10-24-19)18(23)21-13-6-7-16-17(9-13)26-11-25-16/h1-7,9-10,14H,8,11,20H2,(H,21,23). The monoisotopic (exact) mass is 351 g/mol. The average Bonchev–Trinajstić information content (AvgIpc) is 3.32. The molecule has 1 atom stereocenters. The van der Waals surface area contributed by atoms with Crippen LogP contribution in [-0.4, -0.2) is 17.7 Å². The minimum Gasteiger partial charge on any atom is -0.454 e. The Labute approximate surface area is 149 Å². The number of aromatic nitrogens is 1. The third-order valence-corrected chi connectivity index (χ3v) is 4.00. The first-order valence-corrected chi connectivity index (χ1v) is 8.15. The maximum absolute atomic E-state index is 12.4. The molecule has 1 aliphatic heterocycles. The van der Waals surface area contributed by atoms with Gasteiger partial charge in [-0.15, -0.1) is 0 Å². The van der Waals surface area contributed by atoms with E-state index >= 15 is 0 Å². The van der Waals surface area contributed by atoms with Gasteiger partial charge in [0.15, 0.2) is 17.2 Å². The molecular formula is C19H17N3O4. The minimum atomic E-state index is -0.426. The second-order valence-electron chi connectivity index (χ2n) is 5.89. The maximum Gasteiger partial charge on any atom is 0.277 e. The van der Waals surface area contributed by atoms with Crippen molar-refractivity contribution in [3.05, 3.63) is 71.9 Å². The van der Waals surface area contributed by atoms with Crippen LogP contribution in [0.15, 0.2) is 59.2 Å². The van der Waals surface area contributed by atoms with Crippen LogP contribution in [0.3, 0.4) is 0 Å². The third kappa shape index (κ3) is 3.38. The number of nitrogens with two attached hydrogens (primary N) is 1. The first kappa shape index (κ1) is 16.2. The Morgan fingerprint density at radius 2 is 1.96 bits per heavy atom. The molecule has 132 valence electrons. The Bertz CT molecular complexity index is 924. The lowest BCUT2D eigenvalue weighted by molar-refractivity contribution is 0.102. The van der Waals surface area contributed by atoms with E-state index in [-0.39, 0.29) is 18.4 Å². The predicted octanol–water partition coefficient (Wildman–Crippen LogP) is 2.90. The third-order valence-electron chi connectivity index (χ3n) is 4.00. The van der Waals surface area contributed by atoms with Gasteiger partial charge in [-0.2, -0.15) is 0 Å². The molecule has 26 heavy (non-hydrogen) atoms. The van der Waals surface area contributed by atoms with Crippen molar-refractivity contribution in [3.8, 4) is 11.5 Å². The van der Waals surface area contributed by atoms with Crippen molar-refractivity contribution in [2.24, 2.45) is 5.73 Å². The van der Waals surface area contributed by atoms with Crippen molar-refractivity contribution < 1.29 is 18.7 Å². The van der Waals surface area contributed by atoms with E-state index in [0.29, 0.717) is 29.5 Å². The van der Waals surface area contributed by atoms with Gasteiger partial charge in [0.25, 0.3) is 5.91 Å². The average molecular weight is 351 g/mol. The summed E-state index contributed by atoms with van der Waals surface area (Å²) >= 11 is 0. The van der Waals surface area contributed by atoms with Gasteiger partial charge in [0, 0.05) is 11.8 Å². The van der Waals surface area contributed by atoms with Gasteiger partial charge in [0.1, 0.15) is 6.26 Å². The molecule has 0 spiro atoms. The number of hydrogen-bond acceptors (Lipinski definition) is 6. The zero-order valence-corrected chi connectivity index (χ0v) is 13.8. The van der Waals surface area contributed by atoms with Crippen molar-refractivity contribution in [3.63, 3.8) is 0 Å². The zero-order valence-electron chi connectivity index (χ0n) is 13.8. The molecule has 1 aliphatic rings. The summed E-state index contributed by atoms with van der Waals surface area (Å²) in [5.41, 5.74) is 7.96. The Morgan fingerprint density at radius 1 is 1.15 bits per heavy atom. The molecule has 0 bridgehead atoms. The molecule has 0 saturated heterocycles. The van der Waals surface area contributed by atoms with E-state index in [1.807, 2.05) is 30.3 Å². The fourth-order valence-electron chi connectivity index (χ4n) is 2.69. The quantitative estimate of drug-likeness (QED) is 0.733. The highest BCUT2D eigenvalue weighted by molar-refractivity contribution is 6.02. The molecular weight excluding hydrogens is 334 g/mol. The largest absolute Gasteiger partial charge is 0.454 e. The highest BCUT2D eigenvalue weighted by Gasteiger charge is 2.19. The molecule has 3 N–H and O–H groups in total. The number of ether oxygens (including phenoxy) is 2. The SMILES string of the molecule is NC(Cc1ccccc1)c1nc(C(=O)Nc2ccc3c(c2)OCO3)co1. The normalized spacial score (nSPS) is 13.4. The van der Waals surface area contributed by atoms with Gasteiger partial charge in [0.2, 0.25) is 12.7 Å². The van der Waals surface area contributed by atoms with Gasteiger partial charge in [-0.25, -0.2) is 4.98 Å². The van der Waals surface area contributed by atoms with Crippen LogP contribution in [0.1, 0.15) is 28.0 Å². The number of nitrogens with zero attached hydrogens (tertiary/aromatic N) is 1. The fraction of sp³-hybridized carbons (Fsp3) is 0.158. The molecule has 7 heteroatoms. The van der Waals surface area contributed by atoms with Gasteiger partial charge in [-0.3, -0.25) is 4.79 Å². The lowest BCUT2D eigenvalue weighted by atomic mass is 10.1. The van der Waals surface area contributed by atoms with Gasteiger partial charge in [-0.1, -0.05) is 30.3 Å². The smallest absolute Gasteiger partial charge is 0.277 e. The van der Waals surface area contributed by atoms with E-state index in [0.717, 1.165) is 5.56 Å². The lowest BCUT2D eigenvalue weighted by Gasteiger charge is -2.07. The van der Waals surface area contributed by atoms with Gasteiger partial charge < -0.3 is 24.9 Å². The summed E-state index contributed by atoms with van der Waals surface area (Å²) in [6, 6.07) is 14.5. The summed E-state index contributed by atoms with van der Waals surface area (Å²) in [6.07, 6.45) is 1.88. The number of rotatable bonds is 5. The first-order valence-electron chi connectivity index (χ1n) is 8.15. The van der Waals surface area contributed by atoms with Crippen LogP contribution in [0.2, 0.25) is 0 Å². The van der Waals surface area contributed by atoms with Crippen LogP contribution in [-0.2, 0) is 6.42 Å². The Balaban J connectivity index is 1.43. The number of nitrogens with one attached hydrogen (secondary N) is 1. The summed E-state index contributed by atoms with van der Waals surface area (Å²) in [4.78, 5) is 16.6. The molecule has 2 heterocycles. The Morgan fingerprint density at radius 3 is 2.81 bits per heavy atom. The second-order valence-corrected chi connectivity index (χ2v) is 5.89. The topological polar surface area (TPSA) is 99.6 Å². The number of oxazole rings is 1. The number of carbonyl (C=O) groups excluding carboxylic acids is 1. The van der Waals surface area contributed by atoms with Crippen molar-refractivity contribution >= 4 is 11.6 Å². The highest BCUT2D eigenvalue weighted by atomic mass is 16.7. The molecule has 4 rings (SSSR count). The summed E-state index contributed by atoms with van der Waals surface area (Å²) in [5.74, 6) is 1.18. The molecule has 0 radical (unpaired) electrons.